The van der Waals surface area contributed by atoms with Crippen LogP contribution in [0.15, 0.2) is 30.3 Å². The van der Waals surface area contributed by atoms with Gasteiger partial charge in [0.15, 0.2) is 0 Å². The summed E-state index contributed by atoms with van der Waals surface area (Å²) in [5, 5.41) is 11.4. The quantitative estimate of drug-likeness (QED) is 0.699. The average Bonchev–Trinajstić information content (AvgIpc) is 2.48. The lowest BCUT2D eigenvalue weighted by Gasteiger charge is -2.21. The van der Waals surface area contributed by atoms with Crippen LogP contribution in [-0.2, 0) is 0 Å². The summed E-state index contributed by atoms with van der Waals surface area (Å²) in [4.78, 5) is 4.36. The Morgan fingerprint density at radius 1 is 1.08 bits per heavy atom. The predicted octanol–water partition coefficient (Wildman–Crippen LogP) is 5.06. The lowest BCUT2D eigenvalue weighted by Crippen LogP contribution is -2.21. The fourth-order valence-electron chi connectivity index (χ4n) is 2.26. The van der Waals surface area contributed by atoms with Crippen LogP contribution < -0.4 is 10.5 Å². The number of pyridine rings is 1. The molecule has 8 heteroatoms. The number of hydrogen-bond donors (Lipinski definition) is 2. The number of halogens is 4. The van der Waals surface area contributed by atoms with Crippen molar-refractivity contribution < 1.29 is 9.84 Å². The van der Waals surface area contributed by atoms with Crippen molar-refractivity contribution in [2.75, 3.05) is 0 Å². The first-order valence-electron chi connectivity index (χ1n) is 7.32. The van der Waals surface area contributed by atoms with Gasteiger partial charge in [0.25, 0.3) is 0 Å². The minimum Gasteiger partial charge on any atom is -0.475 e. The van der Waals surface area contributed by atoms with E-state index in [2.05, 4.69) is 4.98 Å². The van der Waals surface area contributed by atoms with Gasteiger partial charge in [-0.05, 0) is 44.5 Å². The maximum absolute atomic E-state index is 10.6. The minimum atomic E-state index is -0.909. The van der Waals surface area contributed by atoms with Crippen molar-refractivity contribution in [1.29, 1.82) is 0 Å². The lowest BCUT2D eigenvalue weighted by atomic mass is 9.96. The molecule has 4 nitrogen and oxygen atoms in total. The van der Waals surface area contributed by atoms with Crippen molar-refractivity contribution in [2.45, 2.75) is 39.0 Å². The second-order valence-corrected chi connectivity index (χ2v) is 6.45. The smallest absolute Gasteiger partial charge is 0.213 e. The second-order valence-electron chi connectivity index (χ2n) is 5.63. The van der Waals surface area contributed by atoms with E-state index in [1.54, 1.807) is 30.3 Å². The van der Waals surface area contributed by atoms with E-state index < -0.39 is 12.1 Å². The number of aliphatic hydroxyl groups excluding tert-OH is 1. The van der Waals surface area contributed by atoms with Crippen molar-refractivity contribution in [3.8, 4) is 5.88 Å². The number of benzene rings is 1. The summed E-state index contributed by atoms with van der Waals surface area (Å²) in [5.41, 5.74) is 8.19. The van der Waals surface area contributed by atoms with Gasteiger partial charge >= 0.3 is 0 Å². The molecular weight excluding hydrogens is 406 g/mol. The number of aryl methyl sites for hydroxylation is 1. The second kappa shape index (κ2) is 10.4. The summed E-state index contributed by atoms with van der Waals surface area (Å²) in [7, 11) is 0. The van der Waals surface area contributed by atoms with E-state index in [1.807, 2.05) is 20.8 Å². The standard InChI is InChI=1S/C17H20Cl2N2O2.2ClH/c1-9(2)23-15-7-5-12(10(3)21-15)17(22)16(20)11-4-6-13(18)14(19)8-11;;/h4-9,16-17,22H,20H2,1-3H3;2*1H/t16-,17+;;/m0../s1. The molecule has 0 amide bonds. The van der Waals surface area contributed by atoms with Crippen molar-refractivity contribution in [3.05, 3.63) is 57.2 Å². The minimum absolute atomic E-state index is 0. The van der Waals surface area contributed by atoms with Crippen LogP contribution in [0.5, 0.6) is 5.88 Å². The topological polar surface area (TPSA) is 68.4 Å². The van der Waals surface area contributed by atoms with Gasteiger partial charge in [-0.2, -0.15) is 0 Å². The van der Waals surface area contributed by atoms with Gasteiger partial charge in [0, 0.05) is 17.3 Å². The van der Waals surface area contributed by atoms with E-state index in [0.717, 1.165) is 0 Å². The third kappa shape index (κ3) is 6.17. The van der Waals surface area contributed by atoms with Crippen molar-refractivity contribution >= 4 is 48.0 Å². The number of aromatic nitrogens is 1. The molecule has 0 bridgehead atoms. The molecule has 1 aromatic carbocycles. The molecule has 1 aromatic heterocycles. The highest BCUT2D eigenvalue weighted by Gasteiger charge is 2.22. The molecule has 3 N–H and O–H groups in total. The average molecular weight is 428 g/mol. The van der Waals surface area contributed by atoms with E-state index in [-0.39, 0.29) is 30.9 Å². The van der Waals surface area contributed by atoms with Gasteiger partial charge in [-0.3, -0.25) is 0 Å². The van der Waals surface area contributed by atoms with Gasteiger partial charge in [0.2, 0.25) is 5.88 Å². The van der Waals surface area contributed by atoms with E-state index in [4.69, 9.17) is 33.7 Å². The van der Waals surface area contributed by atoms with Gasteiger partial charge in [0.05, 0.1) is 28.3 Å². The molecular formula is C17H22Cl4N2O2. The molecule has 25 heavy (non-hydrogen) atoms. The summed E-state index contributed by atoms with van der Waals surface area (Å²) in [6.07, 6.45) is -0.871. The molecule has 2 aromatic rings. The van der Waals surface area contributed by atoms with Crippen molar-refractivity contribution in [1.82, 2.24) is 4.98 Å². The molecule has 2 rings (SSSR count). The highest BCUT2D eigenvalue weighted by Crippen LogP contribution is 2.32. The van der Waals surface area contributed by atoms with Crippen LogP contribution in [0.3, 0.4) is 0 Å². The monoisotopic (exact) mass is 426 g/mol. The zero-order valence-electron chi connectivity index (χ0n) is 14.1. The van der Waals surface area contributed by atoms with E-state index in [1.165, 1.54) is 0 Å². The Hall–Kier alpha value is -0.750. The zero-order chi connectivity index (χ0) is 17.1. The molecule has 0 spiro atoms. The summed E-state index contributed by atoms with van der Waals surface area (Å²) in [5.74, 6) is 0.525. The molecule has 0 aliphatic heterocycles. The number of nitrogens with two attached hydrogens (primary N) is 1. The molecule has 2 atom stereocenters. The molecule has 0 aliphatic rings. The number of rotatable bonds is 5. The van der Waals surface area contributed by atoms with Crippen LogP contribution in [0.2, 0.25) is 10.0 Å². The zero-order valence-corrected chi connectivity index (χ0v) is 17.2. The van der Waals surface area contributed by atoms with Crippen molar-refractivity contribution in [2.24, 2.45) is 5.73 Å². The number of hydrogen-bond acceptors (Lipinski definition) is 4. The van der Waals surface area contributed by atoms with Crippen LogP contribution in [-0.4, -0.2) is 16.2 Å². The first-order chi connectivity index (χ1) is 10.8. The fraction of sp³-hybridized carbons (Fsp3) is 0.353. The van der Waals surface area contributed by atoms with Gasteiger partial charge in [-0.15, -0.1) is 24.8 Å². The largest absolute Gasteiger partial charge is 0.475 e. The molecule has 0 unspecified atom stereocenters. The summed E-state index contributed by atoms with van der Waals surface area (Å²) >= 11 is 11.9. The number of nitrogens with zero attached hydrogens (tertiary/aromatic N) is 1. The predicted molar refractivity (Wildman–Crippen MR) is 108 cm³/mol. The third-order valence-electron chi connectivity index (χ3n) is 3.44. The Bertz CT molecular complexity index is 698. The van der Waals surface area contributed by atoms with E-state index in [0.29, 0.717) is 32.7 Å². The van der Waals surface area contributed by atoms with Crippen molar-refractivity contribution in [3.63, 3.8) is 0 Å². The Labute approximate surface area is 170 Å². The first kappa shape index (κ1) is 24.2. The normalized spacial score (nSPS) is 12.8. The maximum Gasteiger partial charge on any atom is 0.213 e. The van der Waals surface area contributed by atoms with Crippen LogP contribution in [0.25, 0.3) is 0 Å². The van der Waals surface area contributed by atoms with Gasteiger partial charge in [0.1, 0.15) is 0 Å². The summed E-state index contributed by atoms with van der Waals surface area (Å²) in [6, 6.07) is 7.95. The van der Waals surface area contributed by atoms with Gasteiger partial charge in [-0.1, -0.05) is 29.3 Å². The highest BCUT2D eigenvalue weighted by molar-refractivity contribution is 6.42. The highest BCUT2D eigenvalue weighted by atomic mass is 35.5. The summed E-state index contributed by atoms with van der Waals surface area (Å²) in [6.45, 7) is 5.67. The van der Waals surface area contributed by atoms with Gasteiger partial charge < -0.3 is 15.6 Å². The van der Waals surface area contributed by atoms with Gasteiger partial charge in [-0.25, -0.2) is 4.98 Å². The van der Waals surface area contributed by atoms with E-state index >= 15 is 0 Å². The fourth-order valence-corrected chi connectivity index (χ4v) is 2.57. The lowest BCUT2D eigenvalue weighted by molar-refractivity contribution is 0.145. The molecule has 0 saturated heterocycles. The maximum atomic E-state index is 10.6. The molecule has 0 radical (unpaired) electrons. The Morgan fingerprint density at radius 2 is 1.72 bits per heavy atom. The first-order valence-corrected chi connectivity index (χ1v) is 8.08. The molecule has 0 aliphatic carbocycles. The van der Waals surface area contributed by atoms with Crippen LogP contribution in [0.4, 0.5) is 0 Å². The molecule has 0 fully saturated rings. The molecule has 0 saturated carbocycles. The number of ether oxygens (including phenoxy) is 1. The van der Waals surface area contributed by atoms with Crippen LogP contribution in [0, 0.1) is 6.92 Å². The Balaban J connectivity index is 0.00000288. The van der Waals surface area contributed by atoms with E-state index in [9.17, 15) is 5.11 Å². The number of aliphatic hydroxyl groups is 1. The third-order valence-corrected chi connectivity index (χ3v) is 4.18. The Kier molecular flexibility index (Phi) is 10.1. The van der Waals surface area contributed by atoms with Crippen LogP contribution in [0.1, 0.15) is 42.8 Å². The Morgan fingerprint density at radius 3 is 2.24 bits per heavy atom. The molecule has 140 valence electrons. The summed E-state index contributed by atoms with van der Waals surface area (Å²) < 4.78 is 5.55. The SMILES string of the molecule is Cc1nc(OC(C)C)ccc1[C@@H](O)[C@@H](N)c1ccc(Cl)c(Cl)c1.Cl.Cl. The molecule has 1 heterocycles. The van der Waals surface area contributed by atoms with Crippen LogP contribution >= 0.6 is 48.0 Å².